The lowest BCUT2D eigenvalue weighted by Crippen LogP contribution is -3.08. The molecule has 16 heteroatoms. The molecule has 0 aliphatic carbocycles. The van der Waals surface area contributed by atoms with E-state index in [1.54, 1.807) is 0 Å². The van der Waals surface area contributed by atoms with Gasteiger partial charge >= 0.3 is 29.8 Å². The molecule has 0 amide bonds. The molecule has 0 saturated carbocycles. The van der Waals surface area contributed by atoms with E-state index < -0.39 is 60.1 Å². The second kappa shape index (κ2) is 20.7. The first-order valence-corrected chi connectivity index (χ1v) is 15.7. The highest BCUT2D eigenvalue weighted by atomic mass is 16.4. The fraction of sp³-hybridized carbons (Fsp3) is 0.700. The zero-order valence-electron chi connectivity index (χ0n) is 26.3. The van der Waals surface area contributed by atoms with Crippen molar-refractivity contribution in [2.24, 2.45) is 34.6 Å². The van der Waals surface area contributed by atoms with Crippen molar-refractivity contribution in [2.75, 3.05) is 13.1 Å². The van der Waals surface area contributed by atoms with Crippen LogP contribution in [-0.2, 0) is 24.0 Å². The Morgan fingerprint density at radius 3 is 1.48 bits per heavy atom. The summed E-state index contributed by atoms with van der Waals surface area (Å²) in [5.74, 6) is -5.90. The maximum atomic E-state index is 11.6. The minimum atomic E-state index is -1.16. The molecule has 0 aromatic carbocycles. The van der Waals surface area contributed by atoms with Crippen LogP contribution in [0.5, 0.6) is 0 Å². The highest BCUT2D eigenvalue weighted by Crippen LogP contribution is 2.36. The summed E-state index contributed by atoms with van der Waals surface area (Å²) < 4.78 is 0. The lowest BCUT2D eigenvalue weighted by Gasteiger charge is -2.33. The van der Waals surface area contributed by atoms with Gasteiger partial charge in [0.2, 0.25) is 0 Å². The Balaban J connectivity index is 3.48. The molecule has 0 saturated heterocycles. The Morgan fingerprint density at radius 1 is 0.565 bits per heavy atom. The molecule has 1 rings (SSSR count). The van der Waals surface area contributed by atoms with E-state index in [1.165, 1.54) is 0 Å². The van der Waals surface area contributed by atoms with Crippen LogP contribution in [0.2, 0.25) is 0 Å². The number of rotatable bonds is 25. The number of carboxylic acids is 5. The van der Waals surface area contributed by atoms with Crippen LogP contribution in [0.1, 0.15) is 83.5 Å². The summed E-state index contributed by atoms with van der Waals surface area (Å²) in [5, 5.41) is 46.5. The highest BCUT2D eigenvalue weighted by molar-refractivity contribution is 5.74. The van der Waals surface area contributed by atoms with Crippen molar-refractivity contribution >= 4 is 29.8 Å². The van der Waals surface area contributed by atoms with Gasteiger partial charge in [-0.25, -0.2) is 0 Å². The van der Waals surface area contributed by atoms with Crippen LogP contribution in [0.15, 0.2) is 22.9 Å². The van der Waals surface area contributed by atoms with Crippen molar-refractivity contribution in [3.8, 4) is 0 Å². The number of aliphatic carboxylic acids is 5. The van der Waals surface area contributed by atoms with Gasteiger partial charge in [-0.3, -0.25) is 24.0 Å². The Labute approximate surface area is 268 Å². The molecular formula is C30H53N6O10+. The lowest BCUT2D eigenvalue weighted by molar-refractivity contribution is -0.843. The topological polar surface area (TPSA) is 321 Å². The number of carbonyl (C=O) groups is 5. The standard InChI is InChI=1S/C30H52N6O10/c31-20(26(37)38)6-2-1-5-17(8-11-22(33)28(41)42)25-18(9-12-23(34)29(43)44)15-36(14-4-3-7-21(32)27(39)40)16-19(25)10-13-24(35)30(45)46/h15,17,20-24H,1-14,16,31-35H2,(H,37,38)(H,39,40)(H,41,42)(H,43,44)(H,45,46)/p+1. The third kappa shape index (κ3) is 14.8. The van der Waals surface area contributed by atoms with Crippen LogP contribution in [0.4, 0.5) is 0 Å². The second-order valence-corrected chi connectivity index (χ2v) is 12.1. The SMILES string of the molecule is NC(CCCCC(CCC(N)C(=O)O)C1=C(CCC(N)C(=O)O)C[NH+](CCCCC(N)C(=O)O)C=C1CCC(N)C(=O)O)C(=O)O. The molecule has 46 heavy (non-hydrogen) atoms. The second-order valence-electron chi connectivity index (χ2n) is 12.1. The van der Waals surface area contributed by atoms with E-state index in [0.29, 0.717) is 64.5 Å². The first-order chi connectivity index (χ1) is 21.5. The molecule has 16 N–H and O–H groups in total. The van der Waals surface area contributed by atoms with E-state index in [4.69, 9.17) is 38.9 Å². The number of nitrogens with one attached hydrogen (secondary N) is 1. The number of carboxylic acid groups (broad SMARTS) is 5. The average molecular weight is 658 g/mol. The summed E-state index contributed by atoms with van der Waals surface area (Å²) in [5.41, 5.74) is 31.5. The minimum Gasteiger partial charge on any atom is -0.480 e. The van der Waals surface area contributed by atoms with Gasteiger partial charge in [0, 0.05) is 5.57 Å². The first kappa shape index (κ1) is 40.6. The van der Waals surface area contributed by atoms with Gasteiger partial charge in [-0.05, 0) is 87.7 Å². The van der Waals surface area contributed by atoms with Gasteiger partial charge in [-0.1, -0.05) is 12.8 Å². The number of nitrogens with two attached hydrogens (primary N) is 5. The predicted octanol–water partition coefficient (Wildman–Crippen LogP) is -1.19. The third-order valence-electron chi connectivity index (χ3n) is 8.43. The monoisotopic (exact) mass is 657 g/mol. The smallest absolute Gasteiger partial charge is 0.320 e. The Morgan fingerprint density at radius 2 is 0.978 bits per heavy atom. The van der Waals surface area contributed by atoms with E-state index in [2.05, 4.69) is 0 Å². The lowest BCUT2D eigenvalue weighted by atomic mass is 9.77. The highest BCUT2D eigenvalue weighted by Gasteiger charge is 2.31. The summed E-state index contributed by atoms with van der Waals surface area (Å²) in [7, 11) is 0. The van der Waals surface area contributed by atoms with Crippen LogP contribution >= 0.6 is 0 Å². The maximum Gasteiger partial charge on any atom is 0.320 e. The van der Waals surface area contributed by atoms with Gasteiger partial charge < -0.3 is 59.1 Å². The zero-order chi connectivity index (χ0) is 35.0. The molecule has 0 aromatic heterocycles. The molecule has 1 aliphatic rings. The largest absolute Gasteiger partial charge is 0.480 e. The summed E-state index contributed by atoms with van der Waals surface area (Å²) in [4.78, 5) is 57.9. The van der Waals surface area contributed by atoms with Gasteiger partial charge in [0.1, 0.15) is 36.8 Å². The molecule has 1 aliphatic heterocycles. The molecule has 0 radical (unpaired) electrons. The summed E-state index contributed by atoms with van der Waals surface area (Å²) in [6, 6.07) is -5.37. The number of hydrogen-bond acceptors (Lipinski definition) is 10. The quantitative estimate of drug-likeness (QED) is 0.0514. The van der Waals surface area contributed by atoms with E-state index >= 15 is 0 Å². The molecule has 0 aromatic rings. The summed E-state index contributed by atoms with van der Waals surface area (Å²) in [6.45, 7) is 1.08. The fourth-order valence-corrected chi connectivity index (χ4v) is 5.66. The van der Waals surface area contributed by atoms with Gasteiger partial charge in [-0.15, -0.1) is 0 Å². The molecular weight excluding hydrogens is 604 g/mol. The number of quaternary nitrogens is 1. The molecule has 0 fully saturated rings. The number of unbranched alkanes of at least 4 members (excludes halogenated alkanes) is 2. The van der Waals surface area contributed by atoms with E-state index in [9.17, 15) is 39.3 Å². The first-order valence-electron chi connectivity index (χ1n) is 15.7. The van der Waals surface area contributed by atoms with Crippen molar-refractivity contribution in [1.29, 1.82) is 0 Å². The normalized spacial score (nSPS) is 19.0. The van der Waals surface area contributed by atoms with E-state index in [1.807, 2.05) is 6.20 Å². The van der Waals surface area contributed by atoms with Crippen molar-refractivity contribution < 1.29 is 54.4 Å². The van der Waals surface area contributed by atoms with E-state index in [0.717, 1.165) is 21.6 Å². The summed E-state index contributed by atoms with van der Waals surface area (Å²) >= 11 is 0. The third-order valence-corrected chi connectivity index (χ3v) is 8.43. The molecule has 262 valence electrons. The molecule has 16 nitrogen and oxygen atoms in total. The molecule has 1 heterocycles. The zero-order valence-corrected chi connectivity index (χ0v) is 26.3. The Bertz CT molecular complexity index is 1110. The van der Waals surface area contributed by atoms with Gasteiger partial charge in [-0.2, -0.15) is 0 Å². The van der Waals surface area contributed by atoms with E-state index in [-0.39, 0.29) is 38.0 Å². The van der Waals surface area contributed by atoms with Crippen molar-refractivity contribution in [1.82, 2.24) is 0 Å². The fourth-order valence-electron chi connectivity index (χ4n) is 5.66. The minimum absolute atomic E-state index is 0.113. The van der Waals surface area contributed by atoms with Gasteiger partial charge in [0.15, 0.2) is 0 Å². The molecule has 0 bridgehead atoms. The Hall–Kier alpha value is -3.41. The predicted molar refractivity (Wildman–Crippen MR) is 167 cm³/mol. The van der Waals surface area contributed by atoms with Crippen molar-refractivity contribution in [2.45, 2.75) is 114 Å². The summed E-state index contributed by atoms with van der Waals surface area (Å²) in [6.07, 6.45) is 6.71. The number of allylic oxidation sites excluding steroid dienone is 2. The van der Waals surface area contributed by atoms with Gasteiger partial charge in [0.25, 0.3) is 0 Å². The van der Waals surface area contributed by atoms with Crippen LogP contribution in [0.25, 0.3) is 0 Å². The maximum absolute atomic E-state index is 11.6. The average Bonchev–Trinajstić information content (AvgIpc) is 2.99. The van der Waals surface area contributed by atoms with Crippen LogP contribution in [0, 0.1) is 5.92 Å². The van der Waals surface area contributed by atoms with Gasteiger partial charge in [0.05, 0.1) is 12.7 Å². The van der Waals surface area contributed by atoms with Crippen LogP contribution in [0.3, 0.4) is 0 Å². The number of hydrogen-bond donors (Lipinski definition) is 11. The van der Waals surface area contributed by atoms with Crippen molar-refractivity contribution in [3.63, 3.8) is 0 Å². The Kier molecular flexibility index (Phi) is 18.2. The molecule has 0 spiro atoms. The van der Waals surface area contributed by atoms with Crippen LogP contribution in [-0.4, -0.2) is 98.7 Å². The molecule has 7 unspecified atom stereocenters. The van der Waals surface area contributed by atoms with Crippen LogP contribution < -0.4 is 33.6 Å². The van der Waals surface area contributed by atoms with Crippen molar-refractivity contribution in [3.05, 3.63) is 22.9 Å². The molecule has 7 atom stereocenters.